The fourth-order valence-electron chi connectivity index (χ4n) is 1.52. The van der Waals surface area contributed by atoms with E-state index in [9.17, 15) is 4.39 Å². The van der Waals surface area contributed by atoms with Crippen molar-refractivity contribution in [3.8, 4) is 0 Å². The molecule has 2 aromatic carbocycles. The Morgan fingerprint density at radius 2 is 2.00 bits per heavy atom. The van der Waals surface area contributed by atoms with Crippen molar-refractivity contribution in [1.29, 1.82) is 0 Å². The zero-order chi connectivity index (χ0) is 10.1. The maximum Gasteiger partial charge on any atom is 0.142 e. The predicted molar refractivity (Wildman–Crippen MR) is 58.5 cm³/mol. The van der Waals surface area contributed by atoms with Gasteiger partial charge in [-0.2, -0.15) is 0 Å². The summed E-state index contributed by atoms with van der Waals surface area (Å²) in [6, 6.07) is 8.78. The molecule has 0 radical (unpaired) electrons. The lowest BCUT2D eigenvalue weighted by atomic mass is 10.1. The van der Waals surface area contributed by atoms with Crippen molar-refractivity contribution in [3.05, 3.63) is 41.2 Å². The van der Waals surface area contributed by atoms with Crippen molar-refractivity contribution in [2.24, 2.45) is 0 Å². The standard InChI is InChI=1S/C11H9ClFN/c1-14-9-4-2-3-7-5-6-8(13)11(12)10(7)9/h2-6,14H,1H3. The van der Waals surface area contributed by atoms with Gasteiger partial charge in [0.1, 0.15) is 5.82 Å². The molecule has 72 valence electrons. The van der Waals surface area contributed by atoms with Gasteiger partial charge in [-0.3, -0.25) is 0 Å². The molecule has 0 aromatic heterocycles. The minimum atomic E-state index is -0.387. The highest BCUT2D eigenvalue weighted by molar-refractivity contribution is 6.36. The molecule has 1 nitrogen and oxygen atoms in total. The fourth-order valence-corrected chi connectivity index (χ4v) is 1.79. The second kappa shape index (κ2) is 3.46. The molecule has 0 aliphatic carbocycles. The number of halogens is 2. The molecule has 0 amide bonds. The minimum absolute atomic E-state index is 0.174. The van der Waals surface area contributed by atoms with Crippen LogP contribution in [-0.2, 0) is 0 Å². The fraction of sp³-hybridized carbons (Fsp3) is 0.0909. The van der Waals surface area contributed by atoms with E-state index in [2.05, 4.69) is 5.32 Å². The Hall–Kier alpha value is -1.28. The summed E-state index contributed by atoms with van der Waals surface area (Å²) in [5.41, 5.74) is 0.840. The summed E-state index contributed by atoms with van der Waals surface area (Å²) in [7, 11) is 1.79. The molecule has 0 unspecified atom stereocenters. The van der Waals surface area contributed by atoms with Crippen molar-refractivity contribution in [1.82, 2.24) is 0 Å². The lowest BCUT2D eigenvalue weighted by Crippen LogP contribution is -1.90. The van der Waals surface area contributed by atoms with E-state index in [-0.39, 0.29) is 10.8 Å². The van der Waals surface area contributed by atoms with Gasteiger partial charge in [-0.25, -0.2) is 4.39 Å². The van der Waals surface area contributed by atoms with Crippen LogP contribution in [0, 0.1) is 5.82 Å². The highest BCUT2D eigenvalue weighted by Crippen LogP contribution is 2.31. The van der Waals surface area contributed by atoms with Crippen molar-refractivity contribution < 1.29 is 4.39 Å². The van der Waals surface area contributed by atoms with E-state index in [1.807, 2.05) is 18.2 Å². The second-order valence-electron chi connectivity index (χ2n) is 3.02. The smallest absolute Gasteiger partial charge is 0.142 e. The van der Waals surface area contributed by atoms with Crippen LogP contribution in [0.25, 0.3) is 10.8 Å². The molecule has 0 spiro atoms. The first-order valence-electron chi connectivity index (χ1n) is 4.28. The SMILES string of the molecule is CNc1cccc2ccc(F)c(Cl)c12. The molecule has 0 saturated heterocycles. The predicted octanol–water partition coefficient (Wildman–Crippen LogP) is 3.67. The summed E-state index contributed by atoms with van der Waals surface area (Å²) < 4.78 is 13.2. The van der Waals surface area contributed by atoms with Gasteiger partial charge in [0.25, 0.3) is 0 Å². The number of hydrogen-bond acceptors (Lipinski definition) is 1. The zero-order valence-electron chi connectivity index (χ0n) is 7.64. The molecule has 0 aliphatic heterocycles. The normalized spacial score (nSPS) is 10.5. The van der Waals surface area contributed by atoms with Gasteiger partial charge in [0.2, 0.25) is 0 Å². The van der Waals surface area contributed by atoms with Crippen LogP contribution in [0.15, 0.2) is 30.3 Å². The highest BCUT2D eigenvalue weighted by Gasteiger charge is 2.07. The summed E-state index contributed by atoms with van der Waals surface area (Å²) in [4.78, 5) is 0. The number of rotatable bonds is 1. The van der Waals surface area contributed by atoms with E-state index in [0.717, 1.165) is 16.5 Å². The van der Waals surface area contributed by atoms with Crippen LogP contribution >= 0.6 is 11.6 Å². The van der Waals surface area contributed by atoms with Crippen LogP contribution < -0.4 is 5.32 Å². The summed E-state index contributed by atoms with van der Waals surface area (Å²) in [6.07, 6.45) is 0. The van der Waals surface area contributed by atoms with E-state index in [1.165, 1.54) is 6.07 Å². The molecule has 0 fully saturated rings. The summed E-state index contributed by atoms with van der Waals surface area (Å²) >= 11 is 5.89. The van der Waals surface area contributed by atoms with E-state index < -0.39 is 0 Å². The summed E-state index contributed by atoms with van der Waals surface area (Å²) in [5, 5.41) is 4.83. The van der Waals surface area contributed by atoms with E-state index >= 15 is 0 Å². The van der Waals surface area contributed by atoms with Crippen molar-refractivity contribution in [3.63, 3.8) is 0 Å². The molecule has 14 heavy (non-hydrogen) atoms. The Kier molecular flexibility index (Phi) is 2.30. The number of hydrogen-bond donors (Lipinski definition) is 1. The topological polar surface area (TPSA) is 12.0 Å². The van der Waals surface area contributed by atoms with E-state index in [4.69, 9.17) is 11.6 Å². The van der Waals surface area contributed by atoms with Gasteiger partial charge in [0.15, 0.2) is 0 Å². The quantitative estimate of drug-likeness (QED) is 0.756. The van der Waals surface area contributed by atoms with Crippen LogP contribution in [0.2, 0.25) is 5.02 Å². The molecule has 0 aliphatic rings. The molecule has 2 rings (SSSR count). The Morgan fingerprint density at radius 3 is 2.71 bits per heavy atom. The number of fused-ring (bicyclic) bond motifs is 1. The van der Waals surface area contributed by atoms with Crippen molar-refractivity contribution in [2.45, 2.75) is 0 Å². The van der Waals surface area contributed by atoms with Gasteiger partial charge >= 0.3 is 0 Å². The average Bonchev–Trinajstić information content (AvgIpc) is 2.23. The molecule has 0 heterocycles. The van der Waals surface area contributed by atoms with Crippen LogP contribution in [0.1, 0.15) is 0 Å². The Bertz CT molecular complexity index is 482. The van der Waals surface area contributed by atoms with Crippen molar-refractivity contribution >= 4 is 28.1 Å². The van der Waals surface area contributed by atoms with Gasteiger partial charge < -0.3 is 5.32 Å². The highest BCUT2D eigenvalue weighted by atomic mass is 35.5. The summed E-state index contributed by atoms with van der Waals surface area (Å²) in [5.74, 6) is -0.387. The molecule has 3 heteroatoms. The maximum absolute atomic E-state index is 13.2. The first kappa shape index (κ1) is 9.28. The minimum Gasteiger partial charge on any atom is -0.388 e. The zero-order valence-corrected chi connectivity index (χ0v) is 8.40. The first-order chi connectivity index (χ1) is 6.74. The van der Waals surface area contributed by atoms with Gasteiger partial charge in [-0.05, 0) is 17.5 Å². The number of anilines is 1. The molecular weight excluding hydrogens is 201 g/mol. The van der Waals surface area contributed by atoms with Crippen LogP contribution in [-0.4, -0.2) is 7.05 Å². The average molecular weight is 210 g/mol. The molecule has 0 saturated carbocycles. The van der Waals surface area contributed by atoms with Crippen LogP contribution in [0.5, 0.6) is 0 Å². The molecule has 2 aromatic rings. The molecule has 1 N–H and O–H groups in total. The van der Waals surface area contributed by atoms with E-state index in [1.54, 1.807) is 13.1 Å². The maximum atomic E-state index is 13.2. The third kappa shape index (κ3) is 1.32. The largest absolute Gasteiger partial charge is 0.388 e. The molecule has 0 bridgehead atoms. The molecule has 0 atom stereocenters. The monoisotopic (exact) mass is 209 g/mol. The van der Waals surface area contributed by atoms with Gasteiger partial charge in [-0.1, -0.05) is 29.8 Å². The Labute approximate surface area is 86.5 Å². The number of nitrogens with one attached hydrogen (secondary N) is 1. The third-order valence-electron chi connectivity index (χ3n) is 2.20. The Balaban J connectivity index is 2.89. The van der Waals surface area contributed by atoms with E-state index in [0.29, 0.717) is 0 Å². The lowest BCUT2D eigenvalue weighted by molar-refractivity contribution is 0.630. The third-order valence-corrected chi connectivity index (χ3v) is 2.57. The second-order valence-corrected chi connectivity index (χ2v) is 3.39. The first-order valence-corrected chi connectivity index (χ1v) is 4.66. The van der Waals surface area contributed by atoms with Crippen molar-refractivity contribution in [2.75, 3.05) is 12.4 Å². The molecular formula is C11H9ClFN. The van der Waals surface area contributed by atoms with Crippen LogP contribution in [0.4, 0.5) is 10.1 Å². The van der Waals surface area contributed by atoms with Crippen LogP contribution in [0.3, 0.4) is 0 Å². The lowest BCUT2D eigenvalue weighted by Gasteiger charge is -2.07. The Morgan fingerprint density at radius 1 is 1.21 bits per heavy atom. The summed E-state index contributed by atoms with van der Waals surface area (Å²) in [6.45, 7) is 0. The number of benzene rings is 2. The van der Waals surface area contributed by atoms with Gasteiger partial charge in [-0.15, -0.1) is 0 Å². The van der Waals surface area contributed by atoms with Gasteiger partial charge in [0.05, 0.1) is 5.02 Å². The van der Waals surface area contributed by atoms with Gasteiger partial charge in [0, 0.05) is 18.1 Å².